The highest BCUT2D eigenvalue weighted by atomic mass is 31.2. The number of unbranched alkanes of at least 4 members (excludes halogenated alkanes) is 23. The molecule has 0 fully saturated rings. The molecule has 0 bridgehead atoms. The quantitative estimate of drug-likeness (QED) is 0.0197. The van der Waals surface area contributed by atoms with E-state index in [1.54, 1.807) is 0 Å². The number of phosphoric acid groups is 1. The van der Waals surface area contributed by atoms with Gasteiger partial charge in [0.05, 0.1) is 19.8 Å². The third-order valence-corrected chi connectivity index (χ3v) is 14.1. The Labute approximate surface area is 488 Å². The molecule has 12 heteroatoms. The largest absolute Gasteiger partial charge is 0.472 e. The number of carbonyl (C=O) groups excluding carboxylic acids is 3. The molecule has 3 atom stereocenters. The Kier molecular flexibility index (Phi) is 58.3. The Balaban J connectivity index is 4.78. The van der Waals surface area contributed by atoms with Gasteiger partial charge in [0.2, 0.25) is 0 Å². The molecule has 0 aromatic rings. The Morgan fingerprint density at radius 3 is 1.04 bits per heavy atom. The van der Waals surface area contributed by atoms with Crippen molar-refractivity contribution in [3.8, 4) is 0 Å². The highest BCUT2D eigenvalue weighted by Crippen LogP contribution is 2.43. The predicted octanol–water partition coefficient (Wildman–Crippen LogP) is 19.4. The van der Waals surface area contributed by atoms with E-state index in [0.29, 0.717) is 19.3 Å². The van der Waals surface area contributed by atoms with Crippen LogP contribution in [0.5, 0.6) is 0 Å². The van der Waals surface area contributed by atoms with Crippen molar-refractivity contribution in [2.24, 2.45) is 0 Å². The number of hydrogen-bond donors (Lipinski definition) is 2. The molecule has 2 N–H and O–H groups in total. The van der Waals surface area contributed by atoms with Crippen LogP contribution in [0.4, 0.5) is 0 Å². The van der Waals surface area contributed by atoms with Gasteiger partial charge >= 0.3 is 25.7 Å². The first-order chi connectivity index (χ1) is 39.2. The molecule has 0 spiro atoms. The predicted molar refractivity (Wildman–Crippen MR) is 334 cm³/mol. The van der Waals surface area contributed by atoms with E-state index in [1.807, 2.05) is 0 Å². The maximum absolute atomic E-state index is 13.0. The van der Waals surface area contributed by atoms with Gasteiger partial charge in [-0.05, 0) is 122 Å². The molecule has 3 unspecified atom stereocenters. The van der Waals surface area contributed by atoms with E-state index in [0.717, 1.165) is 122 Å². The lowest BCUT2D eigenvalue weighted by Gasteiger charge is -2.21. The molecule has 0 radical (unpaired) electrons. The van der Waals surface area contributed by atoms with Gasteiger partial charge in [0, 0.05) is 19.3 Å². The van der Waals surface area contributed by atoms with Crippen LogP contribution < -0.4 is 0 Å². The van der Waals surface area contributed by atoms with Crippen LogP contribution in [0.15, 0.2) is 109 Å². The second-order valence-corrected chi connectivity index (χ2v) is 22.3. The number of phosphoric ester groups is 1. The van der Waals surface area contributed by atoms with E-state index in [1.165, 1.54) is 83.5 Å². The van der Waals surface area contributed by atoms with E-state index < -0.39 is 57.8 Å². The lowest BCUT2D eigenvalue weighted by atomic mass is 10.1. The minimum Gasteiger partial charge on any atom is -0.462 e. The van der Waals surface area contributed by atoms with Gasteiger partial charge in [-0.15, -0.1) is 0 Å². The number of allylic oxidation sites excluding steroid dienone is 18. The number of ether oxygens (including phenoxy) is 3. The molecular formula is C68H115O11P. The third-order valence-electron chi connectivity index (χ3n) is 13.2. The SMILES string of the molecule is CC/C=C\C/C=C\C/C=C\C/C=C\CCCCCCCCC(=O)OCC(COP(=O)(O)OCC(CO)OC(=O)CCCC/C=C\C/C=C\C/C=C\C/C=C\CC)OC(=O)CCCCCCCCCCC/C=C\CCCCCCCC. The van der Waals surface area contributed by atoms with Crippen LogP contribution in [-0.2, 0) is 42.2 Å². The molecule has 458 valence electrons. The zero-order valence-electron chi connectivity index (χ0n) is 50.8. The fourth-order valence-corrected chi connectivity index (χ4v) is 9.18. The van der Waals surface area contributed by atoms with Crippen molar-refractivity contribution in [3.05, 3.63) is 109 Å². The summed E-state index contributed by atoms with van der Waals surface area (Å²) in [6, 6.07) is 0. The van der Waals surface area contributed by atoms with Gasteiger partial charge in [-0.25, -0.2) is 4.57 Å². The van der Waals surface area contributed by atoms with Crippen LogP contribution in [0.3, 0.4) is 0 Å². The summed E-state index contributed by atoms with van der Waals surface area (Å²) in [7, 11) is -4.77. The number of rotatable bonds is 58. The molecule has 0 saturated carbocycles. The van der Waals surface area contributed by atoms with Crippen molar-refractivity contribution in [3.63, 3.8) is 0 Å². The van der Waals surface area contributed by atoms with Crippen LogP contribution >= 0.6 is 7.82 Å². The summed E-state index contributed by atoms with van der Waals surface area (Å²) in [5, 5.41) is 9.84. The molecule has 11 nitrogen and oxygen atoms in total. The monoisotopic (exact) mass is 1140 g/mol. The molecule has 0 aliphatic rings. The molecule has 0 saturated heterocycles. The van der Waals surface area contributed by atoms with E-state index in [-0.39, 0.29) is 25.9 Å². The lowest BCUT2D eigenvalue weighted by Crippen LogP contribution is -2.30. The average molecular weight is 1140 g/mol. The summed E-state index contributed by atoms with van der Waals surface area (Å²) >= 11 is 0. The fraction of sp³-hybridized carbons (Fsp3) is 0.691. The van der Waals surface area contributed by atoms with Gasteiger partial charge < -0.3 is 24.2 Å². The minimum atomic E-state index is -4.77. The standard InChI is InChI=1S/C68H115O11P/c1-4-7-10-13-16-19-22-25-28-30-32-34-37-39-42-45-48-51-54-57-66(70)75-61-65(79-68(72)59-56-53-50-47-44-41-38-35-33-31-29-26-23-20-17-14-11-8-5-2)63-77-80(73,74)76-62-64(60-69)78-67(71)58-55-52-49-46-43-40-36-27-24-21-18-15-12-9-6-3/h7,9-10,12,16,18-19,21,25-29,32,34,36,43,46,64-65,69H,4-6,8,11,13-15,17,20,22-24,30-31,33,35,37-42,44-45,47-63H2,1-3H3,(H,73,74)/b10-7-,12-9-,19-16-,21-18-,28-25-,29-26-,34-32-,36-27-,46-43-. The zero-order chi connectivity index (χ0) is 58.3. The van der Waals surface area contributed by atoms with E-state index in [9.17, 15) is 28.9 Å². The zero-order valence-corrected chi connectivity index (χ0v) is 51.7. The van der Waals surface area contributed by atoms with Crippen LogP contribution in [0.1, 0.15) is 265 Å². The number of esters is 3. The third kappa shape index (κ3) is 58.8. The maximum Gasteiger partial charge on any atom is 0.472 e. The van der Waals surface area contributed by atoms with Crippen molar-refractivity contribution in [1.29, 1.82) is 0 Å². The number of aliphatic hydroxyl groups excluding tert-OH is 1. The van der Waals surface area contributed by atoms with Gasteiger partial charge in [-0.2, -0.15) is 0 Å². The van der Waals surface area contributed by atoms with E-state index >= 15 is 0 Å². The molecule has 0 rings (SSSR count). The van der Waals surface area contributed by atoms with Crippen LogP contribution in [0, 0.1) is 0 Å². The first-order valence-electron chi connectivity index (χ1n) is 31.8. The highest BCUT2D eigenvalue weighted by molar-refractivity contribution is 7.47. The van der Waals surface area contributed by atoms with Gasteiger partial charge in [0.15, 0.2) is 6.10 Å². The Hall–Kier alpha value is -3.86. The Morgan fingerprint density at radius 1 is 0.362 bits per heavy atom. The smallest absolute Gasteiger partial charge is 0.462 e. The number of hydrogen-bond acceptors (Lipinski definition) is 10. The molecule has 0 amide bonds. The number of carbonyl (C=O) groups is 3. The van der Waals surface area contributed by atoms with Crippen LogP contribution in [-0.4, -0.2) is 66.5 Å². The highest BCUT2D eigenvalue weighted by Gasteiger charge is 2.28. The van der Waals surface area contributed by atoms with Gasteiger partial charge in [0.25, 0.3) is 0 Å². The van der Waals surface area contributed by atoms with Gasteiger partial charge in [-0.1, -0.05) is 233 Å². The number of aliphatic hydroxyl groups is 1. The fourth-order valence-electron chi connectivity index (χ4n) is 8.39. The van der Waals surface area contributed by atoms with Crippen LogP contribution in [0.25, 0.3) is 0 Å². The topological polar surface area (TPSA) is 155 Å². The van der Waals surface area contributed by atoms with Crippen LogP contribution in [0.2, 0.25) is 0 Å². The average Bonchev–Trinajstić information content (AvgIpc) is 3.45. The van der Waals surface area contributed by atoms with Crippen molar-refractivity contribution >= 4 is 25.7 Å². The lowest BCUT2D eigenvalue weighted by molar-refractivity contribution is -0.161. The molecule has 0 aliphatic heterocycles. The van der Waals surface area contributed by atoms with Crippen molar-refractivity contribution in [2.45, 2.75) is 277 Å². The van der Waals surface area contributed by atoms with Gasteiger partial charge in [0.1, 0.15) is 12.7 Å². The second-order valence-electron chi connectivity index (χ2n) is 20.8. The minimum absolute atomic E-state index is 0.120. The summed E-state index contributed by atoms with van der Waals surface area (Å²) in [5.41, 5.74) is 0. The van der Waals surface area contributed by atoms with E-state index in [2.05, 4.69) is 130 Å². The molecule has 0 aromatic heterocycles. The van der Waals surface area contributed by atoms with Crippen molar-refractivity contribution in [1.82, 2.24) is 0 Å². The first kappa shape index (κ1) is 76.1. The first-order valence-corrected chi connectivity index (χ1v) is 33.3. The van der Waals surface area contributed by atoms with Crippen molar-refractivity contribution in [2.75, 3.05) is 26.4 Å². The summed E-state index contributed by atoms with van der Waals surface area (Å²) in [4.78, 5) is 48.7. The van der Waals surface area contributed by atoms with Gasteiger partial charge in [-0.3, -0.25) is 23.4 Å². The van der Waals surface area contributed by atoms with Crippen molar-refractivity contribution < 1.29 is 52.2 Å². The molecule has 0 heterocycles. The molecule has 80 heavy (non-hydrogen) atoms. The van der Waals surface area contributed by atoms with E-state index in [4.69, 9.17) is 23.3 Å². The normalized spacial score (nSPS) is 14.0. The summed E-state index contributed by atoms with van der Waals surface area (Å²) in [5.74, 6) is -1.53. The second kappa shape index (κ2) is 61.2. The summed E-state index contributed by atoms with van der Waals surface area (Å²) < 4.78 is 39.6. The maximum atomic E-state index is 13.0. The summed E-state index contributed by atoms with van der Waals surface area (Å²) in [6.07, 6.45) is 74.7. The molecular weight excluding hydrogens is 1020 g/mol. The molecule has 0 aromatic carbocycles. The Morgan fingerprint density at radius 2 is 0.650 bits per heavy atom. The molecule has 0 aliphatic carbocycles. The summed E-state index contributed by atoms with van der Waals surface area (Å²) in [6.45, 7) is 4.37. The Bertz CT molecular complexity index is 1760.